The molecule has 4 unspecified atom stereocenters. The molecular weight excluding hydrogens is 385 g/mol. The predicted octanol–water partition coefficient (Wildman–Crippen LogP) is 6.07. The number of carbonyl (C=O) groups is 1. The van der Waals surface area contributed by atoms with E-state index < -0.39 is 0 Å². The smallest absolute Gasteiger partial charge is 0.134 e. The highest BCUT2D eigenvalue weighted by atomic mass is 127. The molecule has 0 aromatic carbocycles. The van der Waals surface area contributed by atoms with Gasteiger partial charge in [-0.15, -0.1) is 0 Å². The number of halogens is 1. The second kappa shape index (κ2) is 12.7. The van der Waals surface area contributed by atoms with Crippen LogP contribution in [-0.2, 0) is 4.79 Å². The van der Waals surface area contributed by atoms with Crippen molar-refractivity contribution in [1.82, 2.24) is 4.90 Å². The molecule has 0 aromatic heterocycles. The molecule has 0 aliphatic carbocycles. The van der Waals surface area contributed by atoms with Gasteiger partial charge in [-0.3, -0.25) is 9.69 Å². The summed E-state index contributed by atoms with van der Waals surface area (Å²) in [5, 5.41) is 0. The molecule has 0 amide bonds. The highest BCUT2D eigenvalue weighted by molar-refractivity contribution is 14.1. The maximum Gasteiger partial charge on any atom is 0.134 e. The Morgan fingerprint density at radius 2 is 1.59 bits per heavy atom. The summed E-state index contributed by atoms with van der Waals surface area (Å²) in [7, 11) is 2.20. The van der Waals surface area contributed by atoms with Crippen LogP contribution < -0.4 is 0 Å². The average molecular weight is 423 g/mol. The lowest BCUT2D eigenvalue weighted by molar-refractivity contribution is -0.123. The minimum atomic E-state index is 0.189. The van der Waals surface area contributed by atoms with Gasteiger partial charge in [0.15, 0.2) is 0 Å². The SMILES string of the molecule is CCCCCCC(C)C(I)N(C)C(C)C(CCCC)C(C)=O. The Morgan fingerprint density at radius 1 is 1.00 bits per heavy atom. The first kappa shape index (κ1) is 22.4. The van der Waals surface area contributed by atoms with Crippen molar-refractivity contribution >= 4 is 28.4 Å². The Bertz CT molecular complexity index is 295. The molecule has 0 rings (SSSR count). The maximum absolute atomic E-state index is 12.0. The molecule has 4 atom stereocenters. The van der Waals surface area contributed by atoms with Gasteiger partial charge in [-0.2, -0.15) is 0 Å². The van der Waals surface area contributed by atoms with Crippen LogP contribution in [-0.4, -0.2) is 27.8 Å². The van der Waals surface area contributed by atoms with Crippen LogP contribution in [0.25, 0.3) is 0 Å². The molecule has 3 heteroatoms. The zero-order chi connectivity index (χ0) is 17.1. The van der Waals surface area contributed by atoms with Crippen LogP contribution in [0.1, 0.15) is 86.0 Å². The lowest BCUT2D eigenvalue weighted by atomic mass is 9.90. The maximum atomic E-state index is 12.0. The minimum Gasteiger partial charge on any atom is -0.300 e. The van der Waals surface area contributed by atoms with Gasteiger partial charge in [-0.25, -0.2) is 0 Å². The monoisotopic (exact) mass is 423 g/mol. The molecule has 0 bridgehead atoms. The fraction of sp³-hybridized carbons (Fsp3) is 0.947. The van der Waals surface area contributed by atoms with E-state index >= 15 is 0 Å². The Balaban J connectivity index is 4.48. The van der Waals surface area contributed by atoms with Crippen molar-refractivity contribution in [3.8, 4) is 0 Å². The fourth-order valence-corrected chi connectivity index (χ4v) is 4.02. The third-order valence-corrected chi connectivity index (χ3v) is 7.09. The molecular formula is C19H38INO. The second-order valence-electron chi connectivity index (χ2n) is 6.96. The molecule has 0 radical (unpaired) electrons. The van der Waals surface area contributed by atoms with Crippen LogP contribution >= 0.6 is 22.6 Å². The topological polar surface area (TPSA) is 20.3 Å². The van der Waals surface area contributed by atoms with Crippen LogP contribution in [0.2, 0.25) is 0 Å². The van der Waals surface area contributed by atoms with Gasteiger partial charge in [0.1, 0.15) is 5.78 Å². The van der Waals surface area contributed by atoms with Crippen molar-refractivity contribution < 1.29 is 4.79 Å². The van der Waals surface area contributed by atoms with Gasteiger partial charge in [0.2, 0.25) is 0 Å². The van der Waals surface area contributed by atoms with E-state index in [0.29, 0.717) is 21.8 Å². The molecule has 0 heterocycles. The fourth-order valence-electron chi connectivity index (χ4n) is 3.15. The Kier molecular flexibility index (Phi) is 13.0. The third-order valence-electron chi connectivity index (χ3n) is 4.99. The van der Waals surface area contributed by atoms with Crippen LogP contribution in [0.15, 0.2) is 0 Å². The number of rotatable bonds is 13. The summed E-state index contributed by atoms with van der Waals surface area (Å²) in [5.41, 5.74) is 0. The van der Waals surface area contributed by atoms with E-state index in [2.05, 4.69) is 62.2 Å². The summed E-state index contributed by atoms with van der Waals surface area (Å²) in [6.07, 6.45) is 10.0. The third kappa shape index (κ3) is 8.28. The quantitative estimate of drug-likeness (QED) is 0.155. The number of hydrogen-bond acceptors (Lipinski definition) is 2. The molecule has 0 aliphatic heterocycles. The first-order valence-electron chi connectivity index (χ1n) is 9.23. The van der Waals surface area contributed by atoms with Crippen LogP contribution in [0.3, 0.4) is 0 Å². The Hall–Kier alpha value is 0.360. The van der Waals surface area contributed by atoms with E-state index in [1.807, 2.05) is 0 Å². The van der Waals surface area contributed by atoms with E-state index in [1.54, 1.807) is 6.92 Å². The standard InChI is InChI=1S/C19H38INO/c1-7-9-11-12-13-15(3)19(20)21(6)16(4)18(17(5)22)14-10-8-2/h15-16,18-19H,7-14H2,1-6H3. The summed E-state index contributed by atoms with van der Waals surface area (Å²) in [6, 6.07) is 0.337. The Labute approximate surface area is 152 Å². The van der Waals surface area contributed by atoms with E-state index in [-0.39, 0.29) is 5.92 Å². The predicted molar refractivity (Wildman–Crippen MR) is 107 cm³/mol. The van der Waals surface area contributed by atoms with E-state index in [0.717, 1.165) is 12.8 Å². The average Bonchev–Trinajstić information content (AvgIpc) is 2.49. The number of nitrogens with zero attached hydrogens (tertiary/aromatic N) is 1. The van der Waals surface area contributed by atoms with Gasteiger partial charge in [-0.1, -0.05) is 81.9 Å². The zero-order valence-corrected chi connectivity index (χ0v) is 17.9. The summed E-state index contributed by atoms with van der Waals surface area (Å²) >= 11 is 2.58. The zero-order valence-electron chi connectivity index (χ0n) is 15.7. The van der Waals surface area contributed by atoms with Crippen molar-refractivity contribution in [3.63, 3.8) is 0 Å². The largest absolute Gasteiger partial charge is 0.300 e. The van der Waals surface area contributed by atoms with Gasteiger partial charge < -0.3 is 0 Å². The van der Waals surface area contributed by atoms with Crippen molar-refractivity contribution in [2.45, 2.75) is 96.1 Å². The van der Waals surface area contributed by atoms with Crippen LogP contribution in [0.5, 0.6) is 0 Å². The minimum absolute atomic E-state index is 0.189. The molecule has 0 N–H and O–H groups in total. The van der Waals surface area contributed by atoms with Crippen molar-refractivity contribution in [2.24, 2.45) is 11.8 Å². The van der Waals surface area contributed by atoms with Gasteiger partial charge in [0, 0.05) is 12.0 Å². The number of alkyl halides is 1. The van der Waals surface area contributed by atoms with E-state index in [1.165, 1.54) is 38.5 Å². The van der Waals surface area contributed by atoms with Crippen molar-refractivity contribution in [1.29, 1.82) is 0 Å². The van der Waals surface area contributed by atoms with Gasteiger partial charge >= 0.3 is 0 Å². The molecule has 0 saturated heterocycles. The van der Waals surface area contributed by atoms with E-state index in [4.69, 9.17) is 0 Å². The summed E-state index contributed by atoms with van der Waals surface area (Å²) < 4.78 is 0.512. The van der Waals surface area contributed by atoms with Gasteiger partial charge in [-0.05, 0) is 39.7 Å². The summed E-state index contributed by atoms with van der Waals surface area (Å²) in [4.78, 5) is 14.4. The van der Waals surface area contributed by atoms with Crippen molar-refractivity contribution in [3.05, 3.63) is 0 Å². The number of ketones is 1. The molecule has 0 spiro atoms. The number of unbranched alkanes of at least 4 members (excludes halogenated alkanes) is 4. The van der Waals surface area contributed by atoms with Gasteiger partial charge in [0.25, 0.3) is 0 Å². The number of hydrogen-bond donors (Lipinski definition) is 0. The Morgan fingerprint density at radius 3 is 2.09 bits per heavy atom. The molecule has 0 aromatic rings. The first-order valence-corrected chi connectivity index (χ1v) is 10.5. The van der Waals surface area contributed by atoms with Crippen LogP contribution in [0.4, 0.5) is 0 Å². The normalized spacial score (nSPS) is 17.3. The highest BCUT2D eigenvalue weighted by Crippen LogP contribution is 2.28. The molecule has 22 heavy (non-hydrogen) atoms. The van der Waals surface area contributed by atoms with Crippen molar-refractivity contribution in [2.75, 3.05) is 7.05 Å². The van der Waals surface area contributed by atoms with Crippen LogP contribution in [0, 0.1) is 11.8 Å². The second-order valence-corrected chi connectivity index (χ2v) is 8.24. The molecule has 0 fully saturated rings. The van der Waals surface area contributed by atoms with Gasteiger partial charge in [0.05, 0.1) is 4.05 Å². The number of Topliss-reactive ketones (excluding diaryl/α,β-unsaturated/α-hetero) is 1. The summed E-state index contributed by atoms with van der Waals surface area (Å²) in [6.45, 7) is 10.8. The highest BCUT2D eigenvalue weighted by Gasteiger charge is 2.29. The lowest BCUT2D eigenvalue weighted by Crippen LogP contribution is -2.44. The molecule has 2 nitrogen and oxygen atoms in total. The molecule has 0 saturated carbocycles. The first-order chi connectivity index (χ1) is 10.4. The molecule has 132 valence electrons. The number of carbonyl (C=O) groups excluding carboxylic acids is 1. The molecule has 0 aliphatic rings. The summed E-state index contributed by atoms with van der Waals surface area (Å²) in [5.74, 6) is 1.23. The van der Waals surface area contributed by atoms with E-state index in [9.17, 15) is 4.79 Å². The lowest BCUT2D eigenvalue weighted by Gasteiger charge is -2.37.